The molecule has 1 unspecified atom stereocenters. The highest BCUT2D eigenvalue weighted by atomic mass is 16.5. The molecule has 2 heterocycles. The summed E-state index contributed by atoms with van der Waals surface area (Å²) in [7, 11) is 0. The van der Waals surface area contributed by atoms with E-state index in [2.05, 4.69) is 4.42 Å². The van der Waals surface area contributed by atoms with Crippen molar-refractivity contribution in [3.05, 3.63) is 24.2 Å². The Balaban J connectivity index is 0.000000140. The number of aliphatic hydroxyl groups is 1. The van der Waals surface area contributed by atoms with E-state index in [0.29, 0.717) is 12.0 Å². The minimum absolute atomic E-state index is 0.153. The fraction of sp³-hybridized carbons (Fsp3) is 0.500. The van der Waals surface area contributed by atoms with Gasteiger partial charge in [-0.3, -0.25) is 4.79 Å². The van der Waals surface area contributed by atoms with Gasteiger partial charge in [-0.25, -0.2) is 0 Å². The van der Waals surface area contributed by atoms with Crippen LogP contribution in [0.5, 0.6) is 0 Å². The van der Waals surface area contributed by atoms with Gasteiger partial charge in [-0.1, -0.05) is 0 Å². The predicted molar refractivity (Wildman–Crippen MR) is 50.2 cm³/mol. The van der Waals surface area contributed by atoms with Crippen molar-refractivity contribution in [1.29, 1.82) is 0 Å². The Hall–Kier alpha value is -1.13. The molecule has 1 N–H and O–H groups in total. The van der Waals surface area contributed by atoms with Gasteiger partial charge in [0.2, 0.25) is 0 Å². The number of carbonyl (C=O) groups excluding carboxylic acids is 1. The molecule has 1 aliphatic rings. The molecule has 1 saturated heterocycles. The molecule has 1 aromatic rings. The van der Waals surface area contributed by atoms with Gasteiger partial charge >= 0.3 is 0 Å². The largest absolute Gasteiger partial charge is 0.462 e. The van der Waals surface area contributed by atoms with E-state index in [4.69, 9.17) is 9.84 Å². The average Bonchev–Trinajstić information content (AvgIpc) is 2.92. The monoisotopic (exact) mass is 198 g/mol. The second-order valence-corrected chi connectivity index (χ2v) is 2.95. The molecular weight excluding hydrogens is 184 g/mol. The van der Waals surface area contributed by atoms with Crippen molar-refractivity contribution in [2.45, 2.75) is 18.9 Å². The van der Waals surface area contributed by atoms with E-state index in [0.717, 1.165) is 19.4 Å². The van der Waals surface area contributed by atoms with Gasteiger partial charge in [-0.15, -0.1) is 0 Å². The van der Waals surface area contributed by atoms with Gasteiger partial charge < -0.3 is 14.3 Å². The Kier molecular flexibility index (Phi) is 4.96. The lowest BCUT2D eigenvalue weighted by Gasteiger charge is -2.00. The summed E-state index contributed by atoms with van der Waals surface area (Å²) in [6.07, 6.45) is 4.44. The lowest BCUT2D eigenvalue weighted by molar-refractivity contribution is 0.0591. The molecule has 4 heteroatoms. The zero-order valence-electron chi connectivity index (χ0n) is 7.89. The van der Waals surface area contributed by atoms with E-state index in [-0.39, 0.29) is 12.7 Å². The lowest BCUT2D eigenvalue weighted by atomic mass is 10.2. The van der Waals surface area contributed by atoms with Crippen molar-refractivity contribution in [3.63, 3.8) is 0 Å². The smallest absolute Gasteiger partial charge is 0.185 e. The van der Waals surface area contributed by atoms with Gasteiger partial charge in [-0.05, 0) is 25.0 Å². The van der Waals surface area contributed by atoms with Crippen molar-refractivity contribution >= 4 is 6.29 Å². The van der Waals surface area contributed by atoms with Gasteiger partial charge in [0, 0.05) is 6.61 Å². The van der Waals surface area contributed by atoms with E-state index in [9.17, 15) is 4.79 Å². The quantitative estimate of drug-likeness (QED) is 0.726. The summed E-state index contributed by atoms with van der Waals surface area (Å²) in [5.41, 5.74) is 0. The van der Waals surface area contributed by atoms with Gasteiger partial charge in [0.15, 0.2) is 12.0 Å². The summed E-state index contributed by atoms with van der Waals surface area (Å²) in [4.78, 5) is 9.77. The molecule has 0 spiro atoms. The number of hydrogen-bond donors (Lipinski definition) is 1. The normalized spacial score (nSPS) is 19.9. The van der Waals surface area contributed by atoms with E-state index >= 15 is 0 Å². The Labute approximate surface area is 82.5 Å². The SMILES string of the molecule is O=Cc1ccco1.OCC1CCCO1. The zero-order chi connectivity index (χ0) is 10.2. The van der Waals surface area contributed by atoms with Crippen LogP contribution in [0.15, 0.2) is 22.8 Å². The first-order valence-electron chi connectivity index (χ1n) is 4.58. The minimum Gasteiger partial charge on any atom is -0.462 e. The number of ether oxygens (including phenoxy) is 1. The number of aliphatic hydroxyl groups excluding tert-OH is 1. The molecule has 0 aliphatic carbocycles. The van der Waals surface area contributed by atoms with Crippen LogP contribution in [0.2, 0.25) is 0 Å². The van der Waals surface area contributed by atoms with Crippen molar-refractivity contribution in [1.82, 2.24) is 0 Å². The first kappa shape index (κ1) is 10.9. The van der Waals surface area contributed by atoms with Crippen molar-refractivity contribution < 1.29 is 19.1 Å². The van der Waals surface area contributed by atoms with Crippen LogP contribution in [-0.2, 0) is 4.74 Å². The summed E-state index contributed by atoms with van der Waals surface area (Å²) in [5, 5.41) is 8.44. The summed E-state index contributed by atoms with van der Waals surface area (Å²) < 4.78 is 9.67. The molecule has 0 aromatic carbocycles. The summed E-state index contributed by atoms with van der Waals surface area (Å²) in [5.74, 6) is 0.375. The van der Waals surface area contributed by atoms with E-state index in [1.165, 1.54) is 6.26 Å². The highest BCUT2D eigenvalue weighted by Gasteiger charge is 2.12. The predicted octanol–water partition coefficient (Wildman–Crippen LogP) is 1.25. The third kappa shape index (κ3) is 3.72. The average molecular weight is 198 g/mol. The molecule has 0 amide bonds. The highest BCUT2D eigenvalue weighted by Crippen LogP contribution is 2.09. The van der Waals surface area contributed by atoms with Crippen LogP contribution in [0.25, 0.3) is 0 Å². The summed E-state index contributed by atoms with van der Waals surface area (Å²) in [6.45, 7) is 1.03. The topological polar surface area (TPSA) is 59.7 Å². The van der Waals surface area contributed by atoms with Crippen LogP contribution in [0.1, 0.15) is 23.4 Å². The Bertz CT molecular complexity index is 237. The maximum atomic E-state index is 9.77. The molecule has 14 heavy (non-hydrogen) atoms. The Morgan fingerprint density at radius 1 is 1.64 bits per heavy atom. The number of carbonyl (C=O) groups is 1. The second-order valence-electron chi connectivity index (χ2n) is 2.95. The highest BCUT2D eigenvalue weighted by molar-refractivity contribution is 5.69. The van der Waals surface area contributed by atoms with E-state index in [1.807, 2.05) is 0 Å². The fourth-order valence-electron chi connectivity index (χ4n) is 1.15. The van der Waals surface area contributed by atoms with Crippen LogP contribution >= 0.6 is 0 Å². The standard InChI is InChI=1S/C5H10O2.C5H4O2/c2*6-4-5-2-1-3-7-5/h5-6H,1-4H2;1-4H. The van der Waals surface area contributed by atoms with Gasteiger partial charge in [0.05, 0.1) is 19.0 Å². The van der Waals surface area contributed by atoms with Crippen LogP contribution in [0, 0.1) is 0 Å². The van der Waals surface area contributed by atoms with Crippen molar-refractivity contribution in [2.24, 2.45) is 0 Å². The zero-order valence-corrected chi connectivity index (χ0v) is 7.89. The Morgan fingerprint density at radius 2 is 2.50 bits per heavy atom. The lowest BCUT2D eigenvalue weighted by Crippen LogP contribution is -2.09. The van der Waals surface area contributed by atoms with Crippen LogP contribution in [0.4, 0.5) is 0 Å². The number of rotatable bonds is 2. The molecule has 1 aliphatic heterocycles. The number of aldehydes is 1. The third-order valence-electron chi connectivity index (χ3n) is 1.89. The fourth-order valence-corrected chi connectivity index (χ4v) is 1.15. The Morgan fingerprint density at radius 3 is 2.79 bits per heavy atom. The molecular formula is C10H14O4. The molecule has 78 valence electrons. The molecule has 1 fully saturated rings. The number of furan rings is 1. The maximum Gasteiger partial charge on any atom is 0.185 e. The van der Waals surface area contributed by atoms with Crippen molar-refractivity contribution in [2.75, 3.05) is 13.2 Å². The molecule has 0 bridgehead atoms. The van der Waals surface area contributed by atoms with Gasteiger partial charge in [0.25, 0.3) is 0 Å². The molecule has 1 aromatic heterocycles. The third-order valence-corrected chi connectivity index (χ3v) is 1.89. The van der Waals surface area contributed by atoms with E-state index < -0.39 is 0 Å². The van der Waals surface area contributed by atoms with Gasteiger partial charge in [-0.2, -0.15) is 0 Å². The molecule has 4 nitrogen and oxygen atoms in total. The maximum absolute atomic E-state index is 9.77. The number of hydrogen-bond acceptors (Lipinski definition) is 4. The van der Waals surface area contributed by atoms with E-state index in [1.54, 1.807) is 12.1 Å². The molecule has 0 radical (unpaired) electrons. The van der Waals surface area contributed by atoms with Crippen molar-refractivity contribution in [3.8, 4) is 0 Å². The summed E-state index contributed by atoms with van der Waals surface area (Å²) >= 11 is 0. The molecule has 1 atom stereocenters. The molecule has 2 rings (SSSR count). The summed E-state index contributed by atoms with van der Waals surface area (Å²) in [6, 6.07) is 3.27. The minimum atomic E-state index is 0.153. The van der Waals surface area contributed by atoms with Crippen LogP contribution in [-0.4, -0.2) is 30.7 Å². The first-order valence-corrected chi connectivity index (χ1v) is 4.58. The molecule has 0 saturated carbocycles. The first-order chi connectivity index (χ1) is 6.86. The van der Waals surface area contributed by atoms with Gasteiger partial charge in [0.1, 0.15) is 0 Å². The van der Waals surface area contributed by atoms with Crippen LogP contribution < -0.4 is 0 Å². The van der Waals surface area contributed by atoms with Crippen LogP contribution in [0.3, 0.4) is 0 Å². The second kappa shape index (κ2) is 6.34.